The number of halogens is 1. The number of aromatic nitrogens is 2. The number of nitrogens with one attached hydrogen (secondary N) is 1. The maximum Gasteiger partial charge on any atom is 0.308 e. The van der Waals surface area contributed by atoms with Crippen LogP contribution in [0.3, 0.4) is 0 Å². The summed E-state index contributed by atoms with van der Waals surface area (Å²) in [6.45, 7) is 5.03. The molecule has 10 heteroatoms. The van der Waals surface area contributed by atoms with Gasteiger partial charge in [0.2, 0.25) is 0 Å². The van der Waals surface area contributed by atoms with Crippen LogP contribution < -0.4 is 5.32 Å². The Morgan fingerprint density at radius 2 is 1.85 bits per heavy atom. The molecule has 3 aromatic rings. The van der Waals surface area contributed by atoms with Crippen molar-refractivity contribution in [2.45, 2.75) is 39.3 Å². The number of carbonyl (C=O) groups excluding carboxylic acids is 2. The van der Waals surface area contributed by atoms with Crippen molar-refractivity contribution < 1.29 is 23.6 Å². The van der Waals surface area contributed by atoms with Crippen molar-refractivity contribution in [3.63, 3.8) is 0 Å². The number of esters is 1. The number of rotatable bonds is 8. The van der Waals surface area contributed by atoms with Gasteiger partial charge in [0.1, 0.15) is 5.82 Å². The Labute approximate surface area is 189 Å². The van der Waals surface area contributed by atoms with E-state index in [1.807, 2.05) is 0 Å². The zero-order valence-corrected chi connectivity index (χ0v) is 18.3. The van der Waals surface area contributed by atoms with Crippen molar-refractivity contribution in [3.05, 3.63) is 87.5 Å². The minimum absolute atomic E-state index is 0.181. The summed E-state index contributed by atoms with van der Waals surface area (Å²) >= 11 is 0. The highest BCUT2D eigenvalue weighted by molar-refractivity contribution is 5.95. The third-order valence-corrected chi connectivity index (χ3v) is 4.88. The van der Waals surface area contributed by atoms with Crippen LogP contribution in [0, 0.1) is 22.9 Å². The molecule has 1 N–H and O–H groups in total. The lowest BCUT2D eigenvalue weighted by atomic mass is 10.0. The number of amides is 1. The Hall–Kier alpha value is -4.08. The molecule has 1 unspecified atom stereocenters. The summed E-state index contributed by atoms with van der Waals surface area (Å²) in [6.07, 6.45) is 0.674. The lowest BCUT2D eigenvalue weighted by Crippen LogP contribution is -2.31. The molecule has 0 radical (unpaired) electrons. The van der Waals surface area contributed by atoms with E-state index in [4.69, 9.17) is 4.74 Å². The molecule has 172 valence electrons. The number of para-hydroxylation sites is 1. The lowest BCUT2D eigenvalue weighted by Gasteiger charge is -2.19. The van der Waals surface area contributed by atoms with Crippen molar-refractivity contribution >= 4 is 17.6 Å². The fourth-order valence-corrected chi connectivity index (χ4v) is 3.38. The van der Waals surface area contributed by atoms with E-state index in [9.17, 15) is 24.1 Å². The first-order valence-electron chi connectivity index (χ1n) is 10.2. The van der Waals surface area contributed by atoms with E-state index in [-0.39, 0.29) is 29.3 Å². The molecule has 3 rings (SSSR count). The molecule has 0 aliphatic heterocycles. The van der Waals surface area contributed by atoms with E-state index in [1.54, 1.807) is 26.8 Å². The zero-order valence-electron chi connectivity index (χ0n) is 18.3. The molecule has 0 spiro atoms. The molecule has 1 heterocycles. The van der Waals surface area contributed by atoms with Crippen molar-refractivity contribution in [2.75, 3.05) is 0 Å². The van der Waals surface area contributed by atoms with Crippen molar-refractivity contribution in [3.8, 4) is 5.69 Å². The second kappa shape index (κ2) is 10.0. The Balaban J connectivity index is 1.91. The van der Waals surface area contributed by atoms with Gasteiger partial charge in [-0.25, -0.2) is 9.07 Å². The number of benzene rings is 2. The Morgan fingerprint density at radius 1 is 1.18 bits per heavy atom. The van der Waals surface area contributed by atoms with Gasteiger partial charge in [-0.1, -0.05) is 18.2 Å². The van der Waals surface area contributed by atoms with Crippen molar-refractivity contribution in [1.29, 1.82) is 0 Å². The normalized spacial score (nSPS) is 11.8. The summed E-state index contributed by atoms with van der Waals surface area (Å²) in [5.41, 5.74) is 1.20. The smallest absolute Gasteiger partial charge is 0.308 e. The van der Waals surface area contributed by atoms with Gasteiger partial charge in [0.15, 0.2) is 0 Å². The molecule has 9 nitrogen and oxygen atoms in total. The Morgan fingerprint density at radius 3 is 2.48 bits per heavy atom. The van der Waals surface area contributed by atoms with E-state index in [2.05, 4.69) is 10.4 Å². The molecular weight excluding hydrogens is 431 g/mol. The third kappa shape index (κ3) is 5.59. The molecule has 0 fully saturated rings. The van der Waals surface area contributed by atoms with E-state index in [1.165, 1.54) is 53.3 Å². The van der Waals surface area contributed by atoms with Gasteiger partial charge in [0.25, 0.3) is 11.6 Å². The maximum atomic E-state index is 13.2. The number of nitrogens with zero attached hydrogens (tertiary/aromatic N) is 3. The fraction of sp³-hybridized carbons (Fsp3) is 0.261. The summed E-state index contributed by atoms with van der Waals surface area (Å²) in [6, 6.07) is 10.5. The van der Waals surface area contributed by atoms with Crippen LogP contribution in [0.25, 0.3) is 5.69 Å². The largest absolute Gasteiger partial charge is 0.463 e. The lowest BCUT2D eigenvalue weighted by molar-refractivity contribution is -0.385. The fourth-order valence-electron chi connectivity index (χ4n) is 3.38. The Kier molecular flexibility index (Phi) is 7.17. The third-order valence-electron chi connectivity index (χ3n) is 4.88. The predicted octanol–water partition coefficient (Wildman–Crippen LogP) is 4.04. The molecule has 1 aromatic heterocycles. The number of hydrogen-bond acceptors (Lipinski definition) is 6. The van der Waals surface area contributed by atoms with Gasteiger partial charge in [0.05, 0.1) is 52.2 Å². The van der Waals surface area contributed by atoms with Gasteiger partial charge in [-0.2, -0.15) is 5.10 Å². The molecule has 1 atom stereocenters. The predicted molar refractivity (Wildman–Crippen MR) is 117 cm³/mol. The standard InChI is InChI=1S/C23H23FN4O5/c1-14(2)33-22(29)12-20(18-6-4-5-7-21(18)28(31)32)26-23(30)19-13-25-27(15(19)3)17-10-8-16(24)9-11-17/h4-11,13-14,20H,12H2,1-3H3,(H,26,30). The first kappa shape index (κ1) is 23.6. The van der Waals surface area contributed by atoms with Crippen LogP contribution in [-0.4, -0.2) is 32.7 Å². The van der Waals surface area contributed by atoms with Crippen LogP contribution in [0.4, 0.5) is 10.1 Å². The molecule has 0 aliphatic rings. The van der Waals surface area contributed by atoms with E-state index >= 15 is 0 Å². The molecule has 0 bridgehead atoms. The molecule has 2 aromatic carbocycles. The molecule has 33 heavy (non-hydrogen) atoms. The highest BCUT2D eigenvalue weighted by atomic mass is 19.1. The molecular formula is C23H23FN4O5. The number of nitro benzene ring substituents is 1. The average Bonchev–Trinajstić information content (AvgIpc) is 3.14. The summed E-state index contributed by atoms with van der Waals surface area (Å²) < 4.78 is 19.9. The minimum atomic E-state index is -1.00. The summed E-state index contributed by atoms with van der Waals surface area (Å²) in [5.74, 6) is -1.57. The number of ether oxygens (including phenoxy) is 1. The highest BCUT2D eigenvalue weighted by Gasteiger charge is 2.28. The van der Waals surface area contributed by atoms with Crippen LogP contribution in [0.1, 0.15) is 47.9 Å². The topological polar surface area (TPSA) is 116 Å². The van der Waals surface area contributed by atoms with Gasteiger partial charge in [0, 0.05) is 6.07 Å². The zero-order chi connectivity index (χ0) is 24.1. The monoisotopic (exact) mass is 454 g/mol. The van der Waals surface area contributed by atoms with Crippen LogP contribution in [-0.2, 0) is 9.53 Å². The first-order chi connectivity index (χ1) is 15.7. The van der Waals surface area contributed by atoms with Crippen molar-refractivity contribution in [1.82, 2.24) is 15.1 Å². The highest BCUT2D eigenvalue weighted by Crippen LogP contribution is 2.28. The number of carbonyl (C=O) groups is 2. The molecule has 0 aliphatic carbocycles. The van der Waals surface area contributed by atoms with Gasteiger partial charge < -0.3 is 10.1 Å². The van der Waals surface area contributed by atoms with Gasteiger partial charge in [-0.05, 0) is 45.0 Å². The van der Waals surface area contributed by atoms with Gasteiger partial charge >= 0.3 is 5.97 Å². The van der Waals surface area contributed by atoms with E-state index in [0.29, 0.717) is 11.4 Å². The number of nitro groups is 1. The van der Waals surface area contributed by atoms with Crippen LogP contribution in [0.15, 0.2) is 54.7 Å². The molecule has 0 saturated carbocycles. The second-order valence-electron chi connectivity index (χ2n) is 7.62. The van der Waals surface area contributed by atoms with E-state index < -0.39 is 28.7 Å². The Bertz CT molecular complexity index is 1170. The SMILES string of the molecule is Cc1c(C(=O)NC(CC(=O)OC(C)C)c2ccccc2[N+](=O)[O-])cnn1-c1ccc(F)cc1. The van der Waals surface area contributed by atoms with Crippen molar-refractivity contribution in [2.24, 2.45) is 0 Å². The maximum absolute atomic E-state index is 13.2. The summed E-state index contributed by atoms with van der Waals surface area (Å²) in [5, 5.41) is 18.4. The van der Waals surface area contributed by atoms with E-state index in [0.717, 1.165) is 0 Å². The quantitative estimate of drug-likeness (QED) is 0.312. The van der Waals surface area contributed by atoms with Gasteiger partial charge in [-0.15, -0.1) is 0 Å². The molecule has 1 amide bonds. The number of hydrogen-bond donors (Lipinski definition) is 1. The van der Waals surface area contributed by atoms with Gasteiger partial charge in [-0.3, -0.25) is 19.7 Å². The van der Waals surface area contributed by atoms with Crippen LogP contribution >= 0.6 is 0 Å². The minimum Gasteiger partial charge on any atom is -0.463 e. The average molecular weight is 454 g/mol. The second-order valence-corrected chi connectivity index (χ2v) is 7.62. The van der Waals surface area contributed by atoms with Crippen LogP contribution in [0.2, 0.25) is 0 Å². The molecule has 0 saturated heterocycles. The van der Waals surface area contributed by atoms with Crippen LogP contribution in [0.5, 0.6) is 0 Å². The summed E-state index contributed by atoms with van der Waals surface area (Å²) in [7, 11) is 0. The first-order valence-corrected chi connectivity index (χ1v) is 10.2. The summed E-state index contributed by atoms with van der Waals surface area (Å²) in [4.78, 5) is 36.4.